The van der Waals surface area contributed by atoms with Crippen molar-refractivity contribution in [1.29, 1.82) is 0 Å². The average molecular weight is 328 g/mol. The lowest BCUT2D eigenvalue weighted by Gasteiger charge is -2.08. The van der Waals surface area contributed by atoms with Gasteiger partial charge in [0.1, 0.15) is 5.82 Å². The summed E-state index contributed by atoms with van der Waals surface area (Å²) in [7, 11) is 0. The molecule has 2 rings (SSSR count). The number of nitrogens with one attached hydrogen (secondary N) is 2. The van der Waals surface area contributed by atoms with Gasteiger partial charge < -0.3 is 10.6 Å². The fourth-order valence-electron chi connectivity index (χ4n) is 2.20. The molecule has 0 radical (unpaired) electrons. The minimum atomic E-state index is -0.417. The van der Waals surface area contributed by atoms with Crippen LogP contribution in [-0.4, -0.2) is 18.4 Å². The lowest BCUT2D eigenvalue weighted by Crippen LogP contribution is -2.32. The highest BCUT2D eigenvalue weighted by Gasteiger charge is 2.08. The van der Waals surface area contributed by atoms with Crippen LogP contribution in [0.4, 0.5) is 10.1 Å². The Labute approximate surface area is 141 Å². The van der Waals surface area contributed by atoms with Gasteiger partial charge in [0.05, 0.1) is 6.54 Å². The second kappa shape index (κ2) is 8.82. The molecule has 0 bridgehead atoms. The summed E-state index contributed by atoms with van der Waals surface area (Å²) in [6.45, 7) is 2.00. The van der Waals surface area contributed by atoms with Crippen LogP contribution in [0.25, 0.3) is 0 Å². The van der Waals surface area contributed by atoms with Crippen molar-refractivity contribution in [3.8, 4) is 0 Å². The van der Waals surface area contributed by atoms with Crippen LogP contribution in [0.5, 0.6) is 0 Å². The molecule has 0 aliphatic heterocycles. The van der Waals surface area contributed by atoms with Crippen LogP contribution in [0, 0.1) is 5.82 Å². The third kappa shape index (κ3) is 5.50. The summed E-state index contributed by atoms with van der Waals surface area (Å²) >= 11 is 0. The molecule has 4 nitrogen and oxygen atoms in total. The maximum absolute atomic E-state index is 12.8. The molecule has 0 fully saturated rings. The second-order valence-corrected chi connectivity index (χ2v) is 5.54. The molecule has 0 aliphatic rings. The van der Waals surface area contributed by atoms with Gasteiger partial charge in [0.2, 0.25) is 5.91 Å². The SMILES string of the molecule is CCCCc1ccc(NC(=O)CNC(=O)c2ccc(F)cc2)cc1. The van der Waals surface area contributed by atoms with Crippen molar-refractivity contribution in [2.45, 2.75) is 26.2 Å². The quantitative estimate of drug-likeness (QED) is 0.817. The van der Waals surface area contributed by atoms with Crippen molar-refractivity contribution in [3.63, 3.8) is 0 Å². The predicted octanol–water partition coefficient (Wildman–Crippen LogP) is 3.54. The first-order chi connectivity index (χ1) is 11.6. The number of benzene rings is 2. The molecule has 0 unspecified atom stereocenters. The van der Waals surface area contributed by atoms with Crippen LogP contribution in [0.15, 0.2) is 48.5 Å². The number of carbonyl (C=O) groups excluding carboxylic acids is 2. The first-order valence-corrected chi connectivity index (χ1v) is 8.01. The maximum Gasteiger partial charge on any atom is 0.251 e. The summed E-state index contributed by atoms with van der Waals surface area (Å²) in [6.07, 6.45) is 3.31. The lowest BCUT2D eigenvalue weighted by molar-refractivity contribution is -0.115. The standard InChI is InChI=1S/C19H21FN2O2/c1-2-3-4-14-5-11-17(12-6-14)22-18(23)13-21-19(24)15-7-9-16(20)10-8-15/h5-12H,2-4,13H2,1H3,(H,21,24)(H,22,23). The molecule has 0 spiro atoms. The first kappa shape index (κ1) is 17.7. The van der Waals surface area contributed by atoms with E-state index >= 15 is 0 Å². The molecule has 5 heteroatoms. The summed E-state index contributed by atoms with van der Waals surface area (Å²) in [5, 5.41) is 5.23. The van der Waals surface area contributed by atoms with E-state index in [2.05, 4.69) is 17.6 Å². The average Bonchev–Trinajstić information content (AvgIpc) is 2.59. The van der Waals surface area contributed by atoms with Gasteiger partial charge in [-0.25, -0.2) is 4.39 Å². The molecule has 2 N–H and O–H groups in total. The molecule has 0 atom stereocenters. The monoisotopic (exact) mass is 328 g/mol. The zero-order valence-electron chi connectivity index (χ0n) is 13.6. The van der Waals surface area contributed by atoms with E-state index in [0.717, 1.165) is 19.3 Å². The number of anilines is 1. The maximum atomic E-state index is 12.8. The molecule has 0 saturated heterocycles. The van der Waals surface area contributed by atoms with Crippen molar-refractivity contribution in [2.24, 2.45) is 0 Å². The van der Waals surface area contributed by atoms with Gasteiger partial charge in [-0.3, -0.25) is 9.59 Å². The van der Waals surface area contributed by atoms with Crippen LogP contribution in [0.1, 0.15) is 35.7 Å². The van der Waals surface area contributed by atoms with Crippen LogP contribution in [-0.2, 0) is 11.2 Å². The van der Waals surface area contributed by atoms with Gasteiger partial charge in [-0.1, -0.05) is 25.5 Å². The number of rotatable bonds is 7. The van der Waals surface area contributed by atoms with Crippen molar-refractivity contribution < 1.29 is 14.0 Å². The Balaban J connectivity index is 1.80. The molecule has 24 heavy (non-hydrogen) atoms. The highest BCUT2D eigenvalue weighted by Crippen LogP contribution is 2.11. The summed E-state index contributed by atoms with van der Waals surface area (Å²) in [6, 6.07) is 12.8. The zero-order valence-corrected chi connectivity index (χ0v) is 13.6. The molecule has 2 amide bonds. The van der Waals surface area contributed by atoms with E-state index < -0.39 is 11.7 Å². The van der Waals surface area contributed by atoms with Crippen molar-refractivity contribution in [3.05, 3.63) is 65.5 Å². The first-order valence-electron chi connectivity index (χ1n) is 8.01. The van der Waals surface area contributed by atoms with Gasteiger partial charge in [-0.15, -0.1) is 0 Å². The van der Waals surface area contributed by atoms with E-state index in [9.17, 15) is 14.0 Å². The minimum Gasteiger partial charge on any atom is -0.343 e. The molecular weight excluding hydrogens is 307 g/mol. The van der Waals surface area contributed by atoms with Gasteiger partial charge in [-0.05, 0) is 54.8 Å². The Kier molecular flexibility index (Phi) is 6.49. The van der Waals surface area contributed by atoms with Crippen molar-refractivity contribution >= 4 is 17.5 Å². The Morgan fingerprint density at radius 2 is 1.67 bits per heavy atom. The highest BCUT2D eigenvalue weighted by atomic mass is 19.1. The van der Waals surface area contributed by atoms with Crippen molar-refractivity contribution in [1.82, 2.24) is 5.32 Å². The van der Waals surface area contributed by atoms with Gasteiger partial charge in [-0.2, -0.15) is 0 Å². The second-order valence-electron chi connectivity index (χ2n) is 5.54. The number of unbranched alkanes of at least 4 members (excludes halogenated alkanes) is 1. The summed E-state index contributed by atoms with van der Waals surface area (Å²) in [4.78, 5) is 23.7. The van der Waals surface area contributed by atoms with Crippen LogP contribution in [0.3, 0.4) is 0 Å². The lowest BCUT2D eigenvalue weighted by atomic mass is 10.1. The molecule has 0 heterocycles. The number of amides is 2. The number of carbonyl (C=O) groups is 2. The number of hydrogen-bond acceptors (Lipinski definition) is 2. The third-order valence-electron chi connectivity index (χ3n) is 3.57. The molecule has 0 aromatic heterocycles. The van der Waals surface area contributed by atoms with E-state index in [1.807, 2.05) is 24.3 Å². The van der Waals surface area contributed by atoms with E-state index in [4.69, 9.17) is 0 Å². The summed E-state index contributed by atoms with van der Waals surface area (Å²) in [5.41, 5.74) is 2.24. The summed E-state index contributed by atoms with van der Waals surface area (Å²) in [5.74, 6) is -1.14. The van der Waals surface area contributed by atoms with E-state index in [-0.39, 0.29) is 12.5 Å². The van der Waals surface area contributed by atoms with Crippen molar-refractivity contribution in [2.75, 3.05) is 11.9 Å². The molecule has 126 valence electrons. The Hall–Kier alpha value is -2.69. The predicted molar refractivity (Wildman–Crippen MR) is 92.4 cm³/mol. The molecular formula is C19H21FN2O2. The number of aryl methyl sites for hydroxylation is 1. The smallest absolute Gasteiger partial charge is 0.251 e. The molecule has 0 aliphatic carbocycles. The Morgan fingerprint density at radius 1 is 1.00 bits per heavy atom. The van der Waals surface area contributed by atoms with Gasteiger partial charge >= 0.3 is 0 Å². The topological polar surface area (TPSA) is 58.2 Å². The van der Waals surface area contributed by atoms with Crippen LogP contribution in [0.2, 0.25) is 0 Å². The Morgan fingerprint density at radius 3 is 2.29 bits per heavy atom. The summed E-state index contributed by atoms with van der Waals surface area (Å²) < 4.78 is 12.8. The van der Waals surface area contributed by atoms with Gasteiger partial charge in [0, 0.05) is 11.3 Å². The van der Waals surface area contributed by atoms with Gasteiger partial charge in [0.15, 0.2) is 0 Å². The molecule has 0 saturated carbocycles. The van der Waals surface area contributed by atoms with E-state index in [1.54, 1.807) is 0 Å². The zero-order chi connectivity index (χ0) is 17.4. The van der Waals surface area contributed by atoms with Crippen LogP contribution < -0.4 is 10.6 Å². The minimum absolute atomic E-state index is 0.145. The highest BCUT2D eigenvalue weighted by molar-refractivity contribution is 5.99. The van der Waals surface area contributed by atoms with Crippen LogP contribution >= 0.6 is 0 Å². The fourth-order valence-corrected chi connectivity index (χ4v) is 2.20. The fraction of sp³-hybridized carbons (Fsp3) is 0.263. The molecule has 2 aromatic rings. The van der Waals surface area contributed by atoms with Gasteiger partial charge in [0.25, 0.3) is 5.91 Å². The largest absolute Gasteiger partial charge is 0.343 e. The van der Waals surface area contributed by atoms with E-state index in [0.29, 0.717) is 11.3 Å². The number of halogens is 1. The molecule has 2 aromatic carbocycles. The van der Waals surface area contributed by atoms with E-state index in [1.165, 1.54) is 29.8 Å². The normalized spacial score (nSPS) is 10.2. The number of hydrogen-bond donors (Lipinski definition) is 2. The Bertz CT molecular complexity index is 682. The third-order valence-corrected chi connectivity index (χ3v) is 3.57.